The number of hydrogen-bond acceptors (Lipinski definition) is 4. The molecule has 0 bridgehead atoms. The Morgan fingerprint density at radius 1 is 1.36 bits per heavy atom. The van der Waals surface area contributed by atoms with Gasteiger partial charge in [0.05, 0.1) is 16.8 Å². The van der Waals surface area contributed by atoms with E-state index in [1.54, 1.807) is 17.6 Å². The van der Waals surface area contributed by atoms with Crippen molar-refractivity contribution in [2.75, 3.05) is 5.32 Å². The Morgan fingerprint density at radius 2 is 2.32 bits per heavy atom. The van der Waals surface area contributed by atoms with Crippen molar-refractivity contribution in [3.63, 3.8) is 0 Å². The normalized spacial score (nSPS) is 17.6. The van der Waals surface area contributed by atoms with Crippen molar-refractivity contribution in [2.24, 2.45) is 0 Å². The van der Waals surface area contributed by atoms with E-state index in [4.69, 9.17) is 4.42 Å². The number of rotatable bonds is 3. The van der Waals surface area contributed by atoms with Gasteiger partial charge in [0.1, 0.15) is 5.76 Å². The number of carbonyl (C=O) groups excluding carboxylic acids is 1. The smallest absolute Gasteiger partial charge is 0.226 e. The summed E-state index contributed by atoms with van der Waals surface area (Å²) >= 11 is 1.65. The first kappa shape index (κ1) is 13.1. The van der Waals surface area contributed by atoms with Crippen LogP contribution in [0.4, 0.5) is 5.82 Å². The largest absolute Gasteiger partial charge is 0.465 e. The minimum absolute atomic E-state index is 0.0224. The summed E-state index contributed by atoms with van der Waals surface area (Å²) in [7, 11) is 0. The molecule has 0 saturated heterocycles. The van der Waals surface area contributed by atoms with E-state index in [-0.39, 0.29) is 11.8 Å². The number of nitrogens with zero attached hydrogens (tertiary/aromatic N) is 1. The van der Waals surface area contributed by atoms with Crippen molar-refractivity contribution >= 4 is 29.1 Å². The van der Waals surface area contributed by atoms with Gasteiger partial charge in [-0.25, -0.2) is 0 Å². The fraction of sp³-hybridized carbons (Fsp3) is 0.125. The highest BCUT2D eigenvalue weighted by molar-refractivity contribution is 7.13. The minimum atomic E-state index is -0.0234. The molecule has 0 fully saturated rings. The maximum Gasteiger partial charge on any atom is 0.226 e. The van der Waals surface area contributed by atoms with Crippen LogP contribution in [0.2, 0.25) is 0 Å². The lowest BCUT2D eigenvalue weighted by molar-refractivity contribution is -0.116. The number of amides is 1. The monoisotopic (exact) mass is 311 g/mol. The molecule has 3 aromatic rings. The molecule has 110 valence electrons. The zero-order valence-electron chi connectivity index (χ0n) is 11.6. The quantitative estimate of drug-likeness (QED) is 0.771. The molecule has 4 rings (SSSR count). The van der Waals surface area contributed by atoms with Gasteiger partial charge in [-0.1, -0.05) is 12.1 Å². The Balaban J connectivity index is 1.75. The Morgan fingerprint density at radius 3 is 3.09 bits per heavy atom. The highest BCUT2D eigenvalue weighted by Gasteiger charge is 2.29. The van der Waals surface area contributed by atoms with Crippen molar-refractivity contribution in [1.82, 2.24) is 10.2 Å². The van der Waals surface area contributed by atoms with Crippen LogP contribution in [-0.4, -0.2) is 16.1 Å². The van der Waals surface area contributed by atoms with E-state index in [2.05, 4.69) is 15.5 Å². The van der Waals surface area contributed by atoms with Crippen LogP contribution in [0.3, 0.4) is 0 Å². The van der Waals surface area contributed by atoms with Crippen molar-refractivity contribution in [2.45, 2.75) is 12.3 Å². The van der Waals surface area contributed by atoms with Gasteiger partial charge in [0.2, 0.25) is 5.91 Å². The number of thiophene rings is 1. The van der Waals surface area contributed by atoms with E-state index in [1.807, 2.05) is 41.8 Å². The lowest BCUT2D eigenvalue weighted by atomic mass is 9.91. The minimum Gasteiger partial charge on any atom is -0.465 e. The third-order valence-electron chi connectivity index (χ3n) is 3.64. The first-order chi connectivity index (χ1) is 10.8. The first-order valence-electron chi connectivity index (χ1n) is 6.95. The maximum absolute atomic E-state index is 11.9. The predicted molar refractivity (Wildman–Crippen MR) is 85.6 cm³/mol. The SMILES string of the molecule is O=C1C[C@@H](/C=C/c2ccco2)c2c(n[nH]c2-c2cccs2)N1. The summed E-state index contributed by atoms with van der Waals surface area (Å²) in [6, 6.07) is 7.77. The zero-order chi connectivity index (χ0) is 14.9. The number of allylic oxidation sites excluding steroid dienone is 1. The second-order valence-corrected chi connectivity index (χ2v) is 6.02. The van der Waals surface area contributed by atoms with E-state index in [1.165, 1.54) is 0 Å². The fourth-order valence-corrected chi connectivity index (χ4v) is 3.40. The van der Waals surface area contributed by atoms with Crippen LogP contribution in [0.25, 0.3) is 16.6 Å². The summed E-state index contributed by atoms with van der Waals surface area (Å²) in [4.78, 5) is 13.0. The molecule has 2 N–H and O–H groups in total. The third kappa shape index (κ3) is 2.27. The van der Waals surface area contributed by atoms with Crippen molar-refractivity contribution in [1.29, 1.82) is 0 Å². The zero-order valence-corrected chi connectivity index (χ0v) is 12.4. The Labute approximate surface area is 130 Å². The van der Waals surface area contributed by atoms with Gasteiger partial charge in [-0.3, -0.25) is 9.89 Å². The summed E-state index contributed by atoms with van der Waals surface area (Å²) < 4.78 is 5.31. The topological polar surface area (TPSA) is 70.9 Å². The molecule has 1 atom stereocenters. The summed E-state index contributed by atoms with van der Waals surface area (Å²) in [6.07, 6.45) is 5.94. The molecule has 0 aromatic carbocycles. The molecular weight excluding hydrogens is 298 g/mol. The van der Waals surface area contributed by atoms with Crippen molar-refractivity contribution in [3.05, 3.63) is 53.3 Å². The van der Waals surface area contributed by atoms with Gasteiger partial charge in [-0.15, -0.1) is 11.3 Å². The number of aromatic nitrogens is 2. The van der Waals surface area contributed by atoms with Crippen LogP contribution in [-0.2, 0) is 4.79 Å². The molecule has 5 nitrogen and oxygen atoms in total. The Kier molecular flexibility index (Phi) is 3.16. The second-order valence-electron chi connectivity index (χ2n) is 5.07. The number of carbonyl (C=O) groups is 1. The lowest BCUT2D eigenvalue weighted by Gasteiger charge is -2.19. The first-order valence-corrected chi connectivity index (χ1v) is 7.83. The highest BCUT2D eigenvalue weighted by atomic mass is 32.1. The summed E-state index contributed by atoms with van der Waals surface area (Å²) in [6.45, 7) is 0. The summed E-state index contributed by atoms with van der Waals surface area (Å²) in [5.41, 5.74) is 2.00. The fourth-order valence-electron chi connectivity index (χ4n) is 2.66. The van der Waals surface area contributed by atoms with Gasteiger partial charge < -0.3 is 9.73 Å². The number of hydrogen-bond donors (Lipinski definition) is 2. The number of aromatic amines is 1. The number of anilines is 1. The Hall–Kier alpha value is -2.60. The molecule has 0 saturated carbocycles. The molecule has 1 amide bonds. The standard InChI is InChI=1S/C16H13N3O2S/c20-13-9-10(5-6-11-3-1-7-21-11)14-15(12-4-2-8-22-12)18-19-16(14)17-13/h1-8,10H,9H2,(H2,17,18,19,20)/b6-5+/t10-/m1/s1. The van der Waals surface area contributed by atoms with Crippen LogP contribution in [0.1, 0.15) is 23.7 Å². The molecule has 0 radical (unpaired) electrons. The van der Waals surface area contributed by atoms with Crippen molar-refractivity contribution < 1.29 is 9.21 Å². The molecular formula is C16H13N3O2S. The van der Waals surface area contributed by atoms with Gasteiger partial charge >= 0.3 is 0 Å². The van der Waals surface area contributed by atoms with E-state index in [9.17, 15) is 4.79 Å². The van der Waals surface area contributed by atoms with Crippen LogP contribution < -0.4 is 5.32 Å². The number of furan rings is 1. The number of nitrogens with one attached hydrogen (secondary N) is 2. The van der Waals surface area contributed by atoms with Gasteiger partial charge in [-0.2, -0.15) is 5.10 Å². The number of H-pyrrole nitrogens is 1. The number of fused-ring (bicyclic) bond motifs is 1. The maximum atomic E-state index is 11.9. The van der Waals surface area contributed by atoms with Gasteiger partial charge in [-0.05, 0) is 29.7 Å². The Bertz CT molecular complexity index is 816. The average Bonchev–Trinajstić information content (AvgIpc) is 3.24. The second kappa shape index (κ2) is 5.31. The van der Waals surface area contributed by atoms with Gasteiger partial charge in [0, 0.05) is 17.9 Å². The van der Waals surface area contributed by atoms with Crippen LogP contribution in [0.15, 0.2) is 46.4 Å². The summed E-state index contributed by atoms with van der Waals surface area (Å²) in [5.74, 6) is 1.35. The molecule has 3 aromatic heterocycles. The van der Waals surface area contributed by atoms with Crippen LogP contribution >= 0.6 is 11.3 Å². The van der Waals surface area contributed by atoms with E-state index in [0.717, 1.165) is 21.9 Å². The summed E-state index contributed by atoms with van der Waals surface area (Å²) in [5, 5.41) is 12.2. The molecule has 22 heavy (non-hydrogen) atoms. The van der Waals surface area contributed by atoms with E-state index >= 15 is 0 Å². The van der Waals surface area contributed by atoms with E-state index < -0.39 is 0 Å². The lowest BCUT2D eigenvalue weighted by Crippen LogP contribution is -2.21. The van der Waals surface area contributed by atoms with Gasteiger partial charge in [0.25, 0.3) is 0 Å². The highest BCUT2D eigenvalue weighted by Crippen LogP contribution is 2.40. The van der Waals surface area contributed by atoms with Crippen LogP contribution in [0.5, 0.6) is 0 Å². The molecule has 1 aliphatic rings. The van der Waals surface area contributed by atoms with Gasteiger partial charge in [0.15, 0.2) is 5.82 Å². The molecule has 0 aliphatic carbocycles. The predicted octanol–water partition coefficient (Wildman–Crippen LogP) is 3.87. The van der Waals surface area contributed by atoms with E-state index in [0.29, 0.717) is 12.2 Å². The molecule has 4 heterocycles. The average molecular weight is 311 g/mol. The molecule has 6 heteroatoms. The van der Waals surface area contributed by atoms with Crippen molar-refractivity contribution in [3.8, 4) is 10.6 Å². The molecule has 0 spiro atoms. The van der Waals surface area contributed by atoms with Crippen LogP contribution in [0, 0.1) is 0 Å². The molecule has 1 aliphatic heterocycles. The molecule has 0 unspecified atom stereocenters. The third-order valence-corrected chi connectivity index (χ3v) is 4.53.